The zero-order valence-electron chi connectivity index (χ0n) is 9.06. The topological polar surface area (TPSA) is 3.24 Å². The Morgan fingerprint density at radius 3 is 2.25 bits per heavy atom. The van der Waals surface area contributed by atoms with Crippen LogP contribution < -0.4 is 0 Å². The molecular formula is C11H23N. The number of hydrogen-bond donors (Lipinski definition) is 0. The van der Waals surface area contributed by atoms with E-state index in [9.17, 15) is 0 Å². The first-order chi connectivity index (χ1) is 5.61. The lowest BCUT2D eigenvalue weighted by Gasteiger charge is -2.27. The first-order valence-corrected chi connectivity index (χ1v) is 5.04. The van der Waals surface area contributed by atoms with Crippen molar-refractivity contribution in [2.45, 2.75) is 40.5 Å². The van der Waals surface area contributed by atoms with Crippen LogP contribution in [-0.2, 0) is 0 Å². The highest BCUT2D eigenvalue weighted by atomic mass is 15.1. The molecule has 0 atom stereocenters. The molecule has 0 aromatic heterocycles. The van der Waals surface area contributed by atoms with Crippen LogP contribution in [0.25, 0.3) is 0 Å². The summed E-state index contributed by atoms with van der Waals surface area (Å²) in [5, 5.41) is 0. The molecule has 0 aromatic carbocycles. The Labute approximate surface area is 77.5 Å². The third-order valence-corrected chi connectivity index (χ3v) is 1.93. The fourth-order valence-electron chi connectivity index (χ4n) is 1.31. The fourth-order valence-corrected chi connectivity index (χ4v) is 1.31. The average molecular weight is 169 g/mol. The van der Waals surface area contributed by atoms with Crippen molar-refractivity contribution in [2.24, 2.45) is 5.92 Å². The molecule has 1 nitrogen and oxygen atoms in total. The predicted octanol–water partition coefficient (Wildman–Crippen LogP) is 3.28. The molecule has 0 aromatic rings. The van der Waals surface area contributed by atoms with E-state index in [-0.39, 0.29) is 0 Å². The van der Waals surface area contributed by atoms with E-state index in [2.05, 4.69) is 39.2 Å². The van der Waals surface area contributed by atoms with Gasteiger partial charge in [0.1, 0.15) is 0 Å². The Hall–Kier alpha value is -0.460. The summed E-state index contributed by atoms with van der Waals surface area (Å²) in [6, 6.07) is 0. The van der Waals surface area contributed by atoms with Crippen molar-refractivity contribution in [3.8, 4) is 0 Å². The second kappa shape index (κ2) is 6.10. The Kier molecular flexibility index (Phi) is 5.87. The largest absolute Gasteiger partial charge is 0.375 e. The van der Waals surface area contributed by atoms with Crippen molar-refractivity contribution in [3.05, 3.63) is 12.3 Å². The number of nitrogens with zero attached hydrogens (tertiary/aromatic N) is 1. The van der Waals surface area contributed by atoms with Crippen molar-refractivity contribution in [2.75, 3.05) is 13.1 Å². The van der Waals surface area contributed by atoms with Gasteiger partial charge in [-0.15, -0.1) is 0 Å². The van der Waals surface area contributed by atoms with E-state index >= 15 is 0 Å². The van der Waals surface area contributed by atoms with Gasteiger partial charge in [0.15, 0.2) is 0 Å². The minimum atomic E-state index is 0.736. The number of allylic oxidation sites excluding steroid dienone is 1. The molecule has 0 aliphatic carbocycles. The van der Waals surface area contributed by atoms with Crippen LogP contribution in [0.15, 0.2) is 12.3 Å². The number of rotatable bonds is 6. The van der Waals surface area contributed by atoms with Gasteiger partial charge in [0.25, 0.3) is 0 Å². The molecule has 0 rings (SSSR count). The van der Waals surface area contributed by atoms with Crippen molar-refractivity contribution < 1.29 is 0 Å². The van der Waals surface area contributed by atoms with Crippen molar-refractivity contribution in [1.82, 2.24) is 4.90 Å². The third-order valence-electron chi connectivity index (χ3n) is 1.93. The molecule has 0 fully saturated rings. The first kappa shape index (κ1) is 11.5. The normalized spacial score (nSPS) is 10.4. The highest BCUT2D eigenvalue weighted by Gasteiger charge is 2.06. The van der Waals surface area contributed by atoms with E-state index < -0.39 is 0 Å². The van der Waals surface area contributed by atoms with Gasteiger partial charge in [0.2, 0.25) is 0 Å². The Morgan fingerprint density at radius 2 is 1.92 bits per heavy atom. The predicted molar refractivity (Wildman–Crippen MR) is 56.1 cm³/mol. The summed E-state index contributed by atoms with van der Waals surface area (Å²) < 4.78 is 0. The molecule has 0 heterocycles. The maximum Gasteiger partial charge on any atom is 0.0197 e. The Morgan fingerprint density at radius 1 is 1.33 bits per heavy atom. The summed E-state index contributed by atoms with van der Waals surface area (Å²) in [5.74, 6) is 0.736. The molecule has 0 radical (unpaired) electrons. The van der Waals surface area contributed by atoms with Crippen LogP contribution in [0.1, 0.15) is 40.5 Å². The maximum absolute atomic E-state index is 4.07. The van der Waals surface area contributed by atoms with Crippen LogP contribution in [0.5, 0.6) is 0 Å². The molecule has 0 N–H and O–H groups in total. The van der Waals surface area contributed by atoms with Crippen LogP contribution in [0.2, 0.25) is 0 Å². The van der Waals surface area contributed by atoms with Crippen LogP contribution in [0.4, 0.5) is 0 Å². The molecule has 0 amide bonds. The van der Waals surface area contributed by atoms with Crippen molar-refractivity contribution in [3.63, 3.8) is 0 Å². The van der Waals surface area contributed by atoms with E-state index in [1.54, 1.807) is 0 Å². The second-order valence-electron chi connectivity index (χ2n) is 3.76. The van der Waals surface area contributed by atoms with Crippen LogP contribution >= 0.6 is 0 Å². The van der Waals surface area contributed by atoms with Gasteiger partial charge in [-0.3, -0.25) is 0 Å². The number of hydrogen-bond acceptors (Lipinski definition) is 1. The van der Waals surface area contributed by atoms with Gasteiger partial charge in [0.05, 0.1) is 0 Å². The zero-order valence-corrected chi connectivity index (χ0v) is 9.06. The third kappa shape index (κ3) is 4.42. The summed E-state index contributed by atoms with van der Waals surface area (Å²) in [6.07, 6.45) is 2.29. The van der Waals surface area contributed by atoms with Gasteiger partial charge >= 0.3 is 0 Å². The van der Waals surface area contributed by atoms with E-state index in [0.29, 0.717) is 0 Å². The summed E-state index contributed by atoms with van der Waals surface area (Å²) in [5.41, 5.74) is 1.28. The molecule has 0 unspecified atom stereocenters. The van der Waals surface area contributed by atoms with Gasteiger partial charge in [-0.2, -0.15) is 0 Å². The molecule has 0 saturated carbocycles. The Bertz CT molecular complexity index is 127. The minimum Gasteiger partial charge on any atom is -0.375 e. The second-order valence-corrected chi connectivity index (χ2v) is 3.76. The SMILES string of the molecule is C=C(CC)N(CCC)CC(C)C. The van der Waals surface area contributed by atoms with Gasteiger partial charge in [0, 0.05) is 18.8 Å². The van der Waals surface area contributed by atoms with Crippen LogP contribution in [0.3, 0.4) is 0 Å². The molecule has 0 saturated heterocycles. The average Bonchev–Trinajstić information content (AvgIpc) is 2.01. The smallest absolute Gasteiger partial charge is 0.0197 e. The van der Waals surface area contributed by atoms with Gasteiger partial charge in [-0.25, -0.2) is 0 Å². The minimum absolute atomic E-state index is 0.736. The molecule has 0 spiro atoms. The summed E-state index contributed by atoms with van der Waals surface area (Å²) >= 11 is 0. The maximum atomic E-state index is 4.07. The Balaban J connectivity index is 3.94. The molecule has 1 heteroatoms. The van der Waals surface area contributed by atoms with E-state index in [0.717, 1.165) is 25.4 Å². The van der Waals surface area contributed by atoms with Crippen LogP contribution in [0, 0.1) is 5.92 Å². The molecule has 12 heavy (non-hydrogen) atoms. The highest BCUT2D eigenvalue weighted by Crippen LogP contribution is 2.09. The summed E-state index contributed by atoms with van der Waals surface area (Å²) in [4.78, 5) is 2.41. The van der Waals surface area contributed by atoms with Crippen molar-refractivity contribution in [1.29, 1.82) is 0 Å². The van der Waals surface area contributed by atoms with Gasteiger partial charge in [-0.05, 0) is 18.8 Å². The lowest BCUT2D eigenvalue weighted by atomic mass is 10.2. The fraction of sp³-hybridized carbons (Fsp3) is 0.818. The lowest BCUT2D eigenvalue weighted by Crippen LogP contribution is -2.27. The van der Waals surface area contributed by atoms with E-state index in [1.165, 1.54) is 12.1 Å². The quantitative estimate of drug-likeness (QED) is 0.590. The molecular weight excluding hydrogens is 146 g/mol. The van der Waals surface area contributed by atoms with Crippen molar-refractivity contribution >= 4 is 0 Å². The molecule has 0 aliphatic rings. The molecule has 72 valence electrons. The molecule has 0 aliphatic heterocycles. The van der Waals surface area contributed by atoms with Crippen LogP contribution in [-0.4, -0.2) is 18.0 Å². The highest BCUT2D eigenvalue weighted by molar-refractivity contribution is 4.92. The summed E-state index contributed by atoms with van der Waals surface area (Å²) in [6.45, 7) is 15.3. The van der Waals surface area contributed by atoms with E-state index in [1.807, 2.05) is 0 Å². The van der Waals surface area contributed by atoms with Gasteiger partial charge in [-0.1, -0.05) is 34.3 Å². The lowest BCUT2D eigenvalue weighted by molar-refractivity contribution is 0.299. The standard InChI is InChI=1S/C11H23N/c1-6-8-12(9-10(3)4)11(5)7-2/h10H,5-9H2,1-4H3. The summed E-state index contributed by atoms with van der Waals surface area (Å²) in [7, 11) is 0. The molecule has 0 bridgehead atoms. The zero-order chi connectivity index (χ0) is 9.56. The van der Waals surface area contributed by atoms with E-state index in [4.69, 9.17) is 0 Å². The monoisotopic (exact) mass is 169 g/mol. The van der Waals surface area contributed by atoms with Gasteiger partial charge < -0.3 is 4.90 Å². The first-order valence-electron chi connectivity index (χ1n) is 5.04.